The van der Waals surface area contributed by atoms with Crippen LogP contribution in [0.4, 0.5) is 5.13 Å². The Morgan fingerprint density at radius 1 is 1.35 bits per heavy atom. The summed E-state index contributed by atoms with van der Waals surface area (Å²) < 4.78 is 5.07. The maximum atomic E-state index is 5.07. The van der Waals surface area contributed by atoms with Gasteiger partial charge in [-0.25, -0.2) is 4.98 Å². The second-order valence-corrected chi connectivity index (χ2v) is 7.52. The van der Waals surface area contributed by atoms with Crippen LogP contribution < -0.4 is 10.2 Å². The molecule has 1 aromatic rings. The standard InChI is InChI=1S/C14H25N3OS2/c1-11(2)13-12(10-15-4-7-18-3)20-14(16-13)17-5-8-19-9-6-17/h11,15H,4-10H2,1-3H3. The third kappa shape index (κ3) is 4.35. The lowest BCUT2D eigenvalue weighted by molar-refractivity contribution is 0.199. The van der Waals surface area contributed by atoms with E-state index in [0.29, 0.717) is 5.92 Å². The number of thiazole rings is 1. The number of anilines is 1. The molecule has 0 amide bonds. The molecule has 0 unspecified atom stereocenters. The minimum atomic E-state index is 0.485. The zero-order valence-electron chi connectivity index (χ0n) is 12.6. The van der Waals surface area contributed by atoms with Gasteiger partial charge in [-0.3, -0.25) is 0 Å². The highest BCUT2D eigenvalue weighted by atomic mass is 32.2. The van der Waals surface area contributed by atoms with Crippen molar-refractivity contribution in [3.63, 3.8) is 0 Å². The van der Waals surface area contributed by atoms with Crippen molar-refractivity contribution in [2.75, 3.05) is 49.8 Å². The number of thioether (sulfide) groups is 1. The summed E-state index contributed by atoms with van der Waals surface area (Å²) in [5.74, 6) is 2.93. The van der Waals surface area contributed by atoms with Crippen molar-refractivity contribution in [3.8, 4) is 0 Å². The fraction of sp³-hybridized carbons (Fsp3) is 0.786. The summed E-state index contributed by atoms with van der Waals surface area (Å²) in [6.07, 6.45) is 0. The van der Waals surface area contributed by atoms with Gasteiger partial charge in [0.1, 0.15) is 0 Å². The van der Waals surface area contributed by atoms with Gasteiger partial charge in [-0.1, -0.05) is 13.8 Å². The monoisotopic (exact) mass is 315 g/mol. The summed E-state index contributed by atoms with van der Waals surface area (Å²) in [5.41, 5.74) is 1.26. The molecule has 114 valence electrons. The summed E-state index contributed by atoms with van der Waals surface area (Å²) in [4.78, 5) is 8.71. The predicted molar refractivity (Wildman–Crippen MR) is 89.3 cm³/mol. The van der Waals surface area contributed by atoms with E-state index in [1.165, 1.54) is 27.2 Å². The van der Waals surface area contributed by atoms with Crippen LogP contribution >= 0.6 is 23.1 Å². The van der Waals surface area contributed by atoms with Crippen LogP contribution in [0, 0.1) is 0 Å². The summed E-state index contributed by atoms with van der Waals surface area (Å²) in [7, 11) is 1.74. The molecular weight excluding hydrogens is 290 g/mol. The average Bonchev–Trinajstić information content (AvgIpc) is 2.89. The van der Waals surface area contributed by atoms with Gasteiger partial charge in [0.05, 0.1) is 12.3 Å². The first-order valence-corrected chi connectivity index (χ1v) is 9.21. The van der Waals surface area contributed by atoms with Crippen LogP contribution in [0.25, 0.3) is 0 Å². The van der Waals surface area contributed by atoms with Gasteiger partial charge in [0.2, 0.25) is 0 Å². The van der Waals surface area contributed by atoms with Crippen LogP contribution in [-0.2, 0) is 11.3 Å². The van der Waals surface area contributed by atoms with Crippen LogP contribution in [0.15, 0.2) is 0 Å². The molecule has 0 aliphatic carbocycles. The first kappa shape index (κ1) is 16.1. The highest BCUT2D eigenvalue weighted by Crippen LogP contribution is 2.31. The van der Waals surface area contributed by atoms with Gasteiger partial charge in [-0.15, -0.1) is 11.3 Å². The second kappa shape index (κ2) is 8.22. The fourth-order valence-corrected chi connectivity index (χ4v) is 4.33. The van der Waals surface area contributed by atoms with Crippen molar-refractivity contribution in [1.29, 1.82) is 0 Å². The molecule has 0 atom stereocenters. The molecule has 6 heteroatoms. The van der Waals surface area contributed by atoms with Crippen LogP contribution in [0.3, 0.4) is 0 Å². The van der Waals surface area contributed by atoms with E-state index in [1.54, 1.807) is 7.11 Å². The molecule has 0 aromatic carbocycles. The smallest absolute Gasteiger partial charge is 0.185 e. The molecule has 0 radical (unpaired) electrons. The summed E-state index contributed by atoms with van der Waals surface area (Å²) in [6, 6.07) is 0. The Kier molecular flexibility index (Phi) is 6.61. The molecular formula is C14H25N3OS2. The number of aromatic nitrogens is 1. The lowest BCUT2D eigenvalue weighted by atomic mass is 10.1. The van der Waals surface area contributed by atoms with E-state index in [2.05, 4.69) is 24.1 Å². The molecule has 0 saturated carbocycles. The highest BCUT2D eigenvalue weighted by Gasteiger charge is 2.19. The van der Waals surface area contributed by atoms with Crippen molar-refractivity contribution in [1.82, 2.24) is 10.3 Å². The lowest BCUT2D eigenvalue weighted by Crippen LogP contribution is -2.32. The highest BCUT2D eigenvalue weighted by molar-refractivity contribution is 7.99. The van der Waals surface area contributed by atoms with Gasteiger partial charge in [-0.05, 0) is 5.92 Å². The van der Waals surface area contributed by atoms with Crippen molar-refractivity contribution in [2.45, 2.75) is 26.3 Å². The summed E-state index contributed by atoms with van der Waals surface area (Å²) in [6.45, 7) is 9.26. The van der Waals surface area contributed by atoms with E-state index in [-0.39, 0.29) is 0 Å². The third-order valence-electron chi connectivity index (χ3n) is 3.31. The van der Waals surface area contributed by atoms with E-state index in [4.69, 9.17) is 9.72 Å². The van der Waals surface area contributed by atoms with Crippen LogP contribution in [0.1, 0.15) is 30.3 Å². The van der Waals surface area contributed by atoms with Crippen molar-refractivity contribution < 1.29 is 4.74 Å². The van der Waals surface area contributed by atoms with E-state index >= 15 is 0 Å². The van der Waals surface area contributed by atoms with Crippen LogP contribution in [0.2, 0.25) is 0 Å². The zero-order chi connectivity index (χ0) is 14.4. The number of nitrogens with one attached hydrogen (secondary N) is 1. The van der Waals surface area contributed by atoms with Gasteiger partial charge in [0.15, 0.2) is 5.13 Å². The Labute approximate surface area is 130 Å². The third-order valence-corrected chi connectivity index (χ3v) is 5.39. The van der Waals surface area contributed by atoms with Gasteiger partial charge < -0.3 is 15.0 Å². The Bertz CT molecular complexity index is 403. The SMILES string of the molecule is COCCNCc1sc(N2CCSCC2)nc1C(C)C. The average molecular weight is 316 g/mol. The topological polar surface area (TPSA) is 37.4 Å². The minimum Gasteiger partial charge on any atom is -0.383 e. The van der Waals surface area contributed by atoms with Crippen LogP contribution in [-0.4, -0.2) is 49.8 Å². The van der Waals surface area contributed by atoms with Crippen molar-refractivity contribution in [2.24, 2.45) is 0 Å². The largest absolute Gasteiger partial charge is 0.383 e. The molecule has 1 saturated heterocycles. The molecule has 1 N–H and O–H groups in total. The van der Waals surface area contributed by atoms with Gasteiger partial charge in [0.25, 0.3) is 0 Å². The maximum absolute atomic E-state index is 5.07. The predicted octanol–water partition coefficient (Wildman–Crippen LogP) is 2.56. The first-order valence-electron chi connectivity index (χ1n) is 7.24. The van der Waals surface area contributed by atoms with E-state index in [9.17, 15) is 0 Å². The Balaban J connectivity index is 2.02. The quantitative estimate of drug-likeness (QED) is 0.783. The molecule has 0 bridgehead atoms. The maximum Gasteiger partial charge on any atom is 0.185 e. The number of nitrogens with zero attached hydrogens (tertiary/aromatic N) is 2. The van der Waals surface area contributed by atoms with Gasteiger partial charge in [-0.2, -0.15) is 11.8 Å². The number of hydrogen-bond acceptors (Lipinski definition) is 6. The normalized spacial score (nSPS) is 16.1. The van der Waals surface area contributed by atoms with Crippen LogP contribution in [0.5, 0.6) is 0 Å². The zero-order valence-corrected chi connectivity index (χ0v) is 14.3. The molecule has 1 fully saturated rings. The second-order valence-electron chi connectivity index (χ2n) is 5.23. The molecule has 4 nitrogen and oxygen atoms in total. The fourth-order valence-electron chi connectivity index (χ4n) is 2.19. The summed E-state index contributed by atoms with van der Waals surface area (Å²) in [5, 5.41) is 4.64. The molecule has 1 aromatic heterocycles. The molecule has 20 heavy (non-hydrogen) atoms. The molecule has 1 aliphatic rings. The van der Waals surface area contributed by atoms with E-state index < -0.39 is 0 Å². The molecule has 1 aliphatic heterocycles. The van der Waals surface area contributed by atoms with Crippen molar-refractivity contribution >= 4 is 28.2 Å². The Hall–Kier alpha value is -0.300. The van der Waals surface area contributed by atoms with Gasteiger partial charge in [0, 0.05) is 49.7 Å². The lowest BCUT2D eigenvalue weighted by Gasteiger charge is -2.25. The number of methoxy groups -OCH3 is 1. The van der Waals surface area contributed by atoms with E-state index in [0.717, 1.165) is 32.8 Å². The molecule has 0 spiro atoms. The van der Waals surface area contributed by atoms with E-state index in [1.807, 2.05) is 23.1 Å². The molecule has 2 heterocycles. The summed E-state index contributed by atoms with van der Waals surface area (Å²) >= 11 is 3.89. The Morgan fingerprint density at radius 2 is 2.10 bits per heavy atom. The Morgan fingerprint density at radius 3 is 2.75 bits per heavy atom. The minimum absolute atomic E-state index is 0.485. The number of ether oxygens (including phenoxy) is 1. The van der Waals surface area contributed by atoms with Gasteiger partial charge >= 0.3 is 0 Å². The van der Waals surface area contributed by atoms with Crippen molar-refractivity contribution in [3.05, 3.63) is 10.6 Å². The number of rotatable bonds is 7. The molecule has 2 rings (SSSR count). The number of hydrogen-bond donors (Lipinski definition) is 1. The first-order chi connectivity index (χ1) is 9.72.